The Kier molecular flexibility index (Phi) is 5.95. The number of carbonyl (C=O) groups excluding carboxylic acids is 2. The highest BCUT2D eigenvalue weighted by atomic mass is 16.5. The highest BCUT2D eigenvalue weighted by Gasteiger charge is 2.24. The Balaban J connectivity index is 2.39. The molecule has 0 fully saturated rings. The van der Waals surface area contributed by atoms with E-state index in [2.05, 4.69) is 10.3 Å². The summed E-state index contributed by atoms with van der Waals surface area (Å²) in [6.07, 6.45) is 2.86. The number of hydrogen-bond acceptors (Lipinski definition) is 6. The first kappa shape index (κ1) is 18.7. The van der Waals surface area contributed by atoms with Gasteiger partial charge in [0, 0.05) is 6.04 Å². The van der Waals surface area contributed by atoms with Crippen LogP contribution in [0.4, 0.5) is 0 Å². The minimum atomic E-state index is -0.642. The lowest BCUT2D eigenvalue weighted by Gasteiger charge is -2.15. The van der Waals surface area contributed by atoms with E-state index in [9.17, 15) is 14.4 Å². The van der Waals surface area contributed by atoms with Gasteiger partial charge in [-0.15, -0.1) is 0 Å². The Labute approximate surface area is 145 Å². The molecule has 8 heteroatoms. The third-order valence-electron chi connectivity index (χ3n) is 4.00. The van der Waals surface area contributed by atoms with Crippen LogP contribution >= 0.6 is 0 Å². The van der Waals surface area contributed by atoms with E-state index in [4.69, 9.17) is 9.15 Å². The molecule has 136 valence electrons. The maximum atomic E-state index is 12.7. The Morgan fingerprint density at radius 1 is 1.32 bits per heavy atom. The van der Waals surface area contributed by atoms with Crippen LogP contribution in [0.1, 0.15) is 49.7 Å². The van der Waals surface area contributed by atoms with Gasteiger partial charge in [-0.3, -0.25) is 14.2 Å². The summed E-state index contributed by atoms with van der Waals surface area (Å²) in [5, 5.41) is 2.90. The molecule has 0 aliphatic rings. The molecule has 0 unspecified atom stereocenters. The van der Waals surface area contributed by atoms with Crippen LogP contribution in [0.2, 0.25) is 0 Å². The number of nitrogens with one attached hydrogen (secondary N) is 1. The second kappa shape index (κ2) is 7.96. The molecule has 0 bridgehead atoms. The fraction of sp³-hybridized carbons (Fsp3) is 0.529. The number of rotatable bonds is 7. The smallest absolute Gasteiger partial charge is 0.342 e. The number of hydrogen-bond donors (Lipinski definition) is 1. The van der Waals surface area contributed by atoms with Gasteiger partial charge in [0.25, 0.3) is 5.56 Å². The molecule has 0 saturated carbocycles. The molecule has 0 radical (unpaired) electrons. The van der Waals surface area contributed by atoms with Crippen LogP contribution in [0, 0.1) is 6.92 Å². The number of aromatic nitrogens is 2. The zero-order chi connectivity index (χ0) is 18.6. The summed E-state index contributed by atoms with van der Waals surface area (Å²) in [4.78, 5) is 41.0. The van der Waals surface area contributed by atoms with E-state index in [-0.39, 0.29) is 47.5 Å². The topological polar surface area (TPSA) is 103 Å². The number of aryl methyl sites for hydroxylation is 1. The van der Waals surface area contributed by atoms with Gasteiger partial charge in [0.2, 0.25) is 11.6 Å². The van der Waals surface area contributed by atoms with Crippen molar-refractivity contribution < 1.29 is 18.7 Å². The summed E-state index contributed by atoms with van der Waals surface area (Å²) in [5.74, 6) is -0.663. The molecule has 0 aliphatic heterocycles. The summed E-state index contributed by atoms with van der Waals surface area (Å²) in [5.41, 5.74) is -0.393. The maximum absolute atomic E-state index is 12.7. The second-order valence-corrected chi connectivity index (χ2v) is 5.69. The van der Waals surface area contributed by atoms with Gasteiger partial charge in [0.15, 0.2) is 0 Å². The van der Waals surface area contributed by atoms with E-state index in [0.717, 1.165) is 17.4 Å². The van der Waals surface area contributed by atoms with Crippen molar-refractivity contribution in [1.29, 1.82) is 0 Å². The average molecular weight is 349 g/mol. The van der Waals surface area contributed by atoms with E-state index in [1.165, 1.54) is 6.33 Å². The first-order valence-corrected chi connectivity index (χ1v) is 8.37. The largest absolute Gasteiger partial charge is 0.462 e. The summed E-state index contributed by atoms with van der Waals surface area (Å²) < 4.78 is 11.5. The fourth-order valence-corrected chi connectivity index (χ4v) is 2.62. The average Bonchev–Trinajstić information content (AvgIpc) is 2.92. The summed E-state index contributed by atoms with van der Waals surface area (Å²) >= 11 is 0. The number of fused-ring (bicyclic) bond motifs is 1. The zero-order valence-electron chi connectivity index (χ0n) is 14.9. The van der Waals surface area contributed by atoms with Gasteiger partial charge in [-0.1, -0.05) is 13.8 Å². The second-order valence-electron chi connectivity index (χ2n) is 5.69. The highest BCUT2D eigenvalue weighted by Crippen LogP contribution is 2.21. The summed E-state index contributed by atoms with van der Waals surface area (Å²) in [6.45, 7) is 7.20. The number of amides is 1. The molecule has 1 N–H and O–H groups in total. The predicted molar refractivity (Wildman–Crippen MR) is 91.5 cm³/mol. The van der Waals surface area contributed by atoms with Crippen LogP contribution in [-0.2, 0) is 16.1 Å². The van der Waals surface area contributed by atoms with Gasteiger partial charge in [-0.2, -0.15) is 0 Å². The Morgan fingerprint density at radius 3 is 2.60 bits per heavy atom. The lowest BCUT2D eigenvalue weighted by molar-refractivity contribution is -0.122. The lowest BCUT2D eigenvalue weighted by atomic mass is 10.2. The summed E-state index contributed by atoms with van der Waals surface area (Å²) in [6, 6.07) is 0.0613. The van der Waals surface area contributed by atoms with E-state index >= 15 is 0 Å². The van der Waals surface area contributed by atoms with Crippen molar-refractivity contribution in [3.8, 4) is 0 Å². The van der Waals surface area contributed by atoms with Crippen molar-refractivity contribution in [1.82, 2.24) is 14.9 Å². The molecule has 2 heterocycles. The van der Waals surface area contributed by atoms with Crippen molar-refractivity contribution in [2.75, 3.05) is 6.61 Å². The third-order valence-corrected chi connectivity index (χ3v) is 4.00. The van der Waals surface area contributed by atoms with Gasteiger partial charge in [-0.25, -0.2) is 9.78 Å². The van der Waals surface area contributed by atoms with E-state index in [0.29, 0.717) is 0 Å². The Hall–Kier alpha value is -2.64. The van der Waals surface area contributed by atoms with Gasteiger partial charge in [0.1, 0.15) is 29.6 Å². The van der Waals surface area contributed by atoms with Crippen molar-refractivity contribution in [3.63, 3.8) is 0 Å². The molecule has 25 heavy (non-hydrogen) atoms. The van der Waals surface area contributed by atoms with Crippen molar-refractivity contribution in [2.45, 2.75) is 53.1 Å². The molecule has 8 nitrogen and oxygen atoms in total. The molecule has 2 aromatic rings. The van der Waals surface area contributed by atoms with E-state index < -0.39 is 11.5 Å². The molecule has 1 amide bonds. The van der Waals surface area contributed by atoms with Gasteiger partial charge in [-0.05, 0) is 26.7 Å². The maximum Gasteiger partial charge on any atom is 0.342 e. The molecule has 0 aromatic carbocycles. The van der Waals surface area contributed by atoms with Crippen LogP contribution in [0.5, 0.6) is 0 Å². The van der Waals surface area contributed by atoms with Crippen LogP contribution in [0.25, 0.3) is 11.1 Å². The van der Waals surface area contributed by atoms with Crippen molar-refractivity contribution >= 4 is 23.0 Å². The fourth-order valence-electron chi connectivity index (χ4n) is 2.62. The number of esters is 1. The molecular formula is C17H23N3O5. The molecule has 0 atom stereocenters. The van der Waals surface area contributed by atoms with Gasteiger partial charge < -0.3 is 14.5 Å². The van der Waals surface area contributed by atoms with E-state index in [1.54, 1.807) is 13.8 Å². The van der Waals surface area contributed by atoms with Crippen molar-refractivity contribution in [3.05, 3.63) is 28.0 Å². The van der Waals surface area contributed by atoms with Crippen LogP contribution < -0.4 is 10.9 Å². The number of furan rings is 1. The van der Waals surface area contributed by atoms with Crippen LogP contribution in [0.3, 0.4) is 0 Å². The first-order chi connectivity index (χ1) is 11.9. The van der Waals surface area contributed by atoms with E-state index in [1.807, 2.05) is 13.8 Å². The first-order valence-electron chi connectivity index (χ1n) is 8.37. The number of nitrogens with zero attached hydrogens (tertiary/aromatic N) is 2. The highest BCUT2D eigenvalue weighted by molar-refractivity contribution is 6.03. The SMILES string of the molecule is CCOC(=O)c1c(C)oc2ncn(CC(=O)NC(CC)CC)c(=O)c12. The standard InChI is InChI=1S/C17H23N3O5/c1-5-11(6-2)19-12(21)8-20-9-18-15-14(16(20)22)13(10(4)25-15)17(23)24-7-3/h9,11H,5-8H2,1-4H3,(H,19,21). The van der Waals surface area contributed by atoms with Gasteiger partial charge in [0.05, 0.1) is 6.61 Å². The molecule has 2 rings (SSSR count). The Morgan fingerprint density at radius 2 is 2.00 bits per heavy atom. The number of ether oxygens (including phenoxy) is 1. The Bertz CT molecular complexity index is 833. The summed E-state index contributed by atoms with van der Waals surface area (Å²) in [7, 11) is 0. The van der Waals surface area contributed by atoms with Crippen LogP contribution in [-0.4, -0.2) is 34.1 Å². The van der Waals surface area contributed by atoms with Crippen molar-refractivity contribution in [2.24, 2.45) is 0 Å². The minimum absolute atomic E-state index is 0.0359. The quantitative estimate of drug-likeness (QED) is 0.764. The molecule has 0 spiro atoms. The monoisotopic (exact) mass is 349 g/mol. The van der Waals surface area contributed by atoms with Crippen LogP contribution in [0.15, 0.2) is 15.5 Å². The molecule has 2 aromatic heterocycles. The number of carbonyl (C=O) groups is 2. The zero-order valence-corrected chi connectivity index (χ0v) is 14.9. The van der Waals surface area contributed by atoms with Gasteiger partial charge >= 0.3 is 5.97 Å². The normalized spacial score (nSPS) is 11.1. The molecular weight excluding hydrogens is 326 g/mol. The molecule has 0 aliphatic carbocycles. The lowest BCUT2D eigenvalue weighted by Crippen LogP contribution is -2.38. The molecule has 0 saturated heterocycles. The minimum Gasteiger partial charge on any atom is -0.462 e. The third kappa shape index (κ3) is 3.89. The predicted octanol–water partition coefficient (Wildman–Crippen LogP) is 1.78.